The molecule has 0 saturated carbocycles. The third-order valence-electron chi connectivity index (χ3n) is 4.40. The second-order valence-electron chi connectivity index (χ2n) is 7.89. The number of hydrogen-bond donors (Lipinski definition) is 6. The van der Waals surface area contributed by atoms with Crippen LogP contribution in [0.3, 0.4) is 0 Å². The third-order valence-corrected chi connectivity index (χ3v) is 5.41. The van der Waals surface area contributed by atoms with Crippen molar-refractivity contribution in [2.75, 3.05) is 17.8 Å². The maximum absolute atomic E-state index is 12.8. The van der Waals surface area contributed by atoms with Gasteiger partial charge in [-0.1, -0.05) is 27.7 Å². The van der Waals surface area contributed by atoms with Gasteiger partial charge in [0.2, 0.25) is 17.7 Å². The largest absolute Gasteiger partial charge is 0.480 e. The molecule has 0 aliphatic rings. The van der Waals surface area contributed by atoms with E-state index in [0.717, 1.165) is 0 Å². The average Bonchev–Trinajstić information content (AvgIpc) is 2.66. The molecular weight excluding hydrogens is 428 g/mol. The van der Waals surface area contributed by atoms with Crippen LogP contribution in [0.4, 0.5) is 0 Å². The van der Waals surface area contributed by atoms with Gasteiger partial charge < -0.3 is 26.8 Å². The minimum absolute atomic E-state index is 0.0275. The van der Waals surface area contributed by atoms with Crippen LogP contribution < -0.4 is 21.7 Å². The fraction of sp³-hybridized carbons (Fsp3) is 0.789. The van der Waals surface area contributed by atoms with Gasteiger partial charge in [0.25, 0.3) is 0 Å². The van der Waals surface area contributed by atoms with E-state index >= 15 is 0 Å². The van der Waals surface area contributed by atoms with Crippen LogP contribution in [0.15, 0.2) is 0 Å². The summed E-state index contributed by atoms with van der Waals surface area (Å²) in [5, 5.41) is 16.9. The highest BCUT2D eigenvalue weighted by Crippen LogP contribution is 2.08. The summed E-state index contributed by atoms with van der Waals surface area (Å²) >= 11 is 5.58. The zero-order chi connectivity index (χ0) is 23.4. The first-order chi connectivity index (χ1) is 13.9. The number of carboxylic acid groups (broad SMARTS) is 1. The summed E-state index contributed by atoms with van der Waals surface area (Å²) in [5.41, 5.74) is 5.86. The number of amides is 3. The second-order valence-corrected chi connectivity index (χ2v) is 9.24. The summed E-state index contributed by atoms with van der Waals surface area (Å²) in [6.07, 6.45) is 2.45. The molecule has 0 aromatic carbocycles. The summed E-state index contributed by atoms with van der Waals surface area (Å²) in [6.45, 7) is 7.42. The van der Waals surface area contributed by atoms with Gasteiger partial charge in [0.1, 0.15) is 18.1 Å². The molecule has 0 aliphatic carbocycles. The van der Waals surface area contributed by atoms with Crippen molar-refractivity contribution in [1.29, 1.82) is 0 Å². The maximum Gasteiger partial charge on any atom is 0.326 e. The van der Waals surface area contributed by atoms with E-state index in [1.165, 1.54) is 11.8 Å². The Morgan fingerprint density at radius 2 is 1.43 bits per heavy atom. The Kier molecular flexibility index (Phi) is 13.8. The molecule has 30 heavy (non-hydrogen) atoms. The van der Waals surface area contributed by atoms with E-state index in [2.05, 4.69) is 28.6 Å². The Hall–Kier alpha value is -1.46. The average molecular weight is 465 g/mol. The highest BCUT2D eigenvalue weighted by molar-refractivity contribution is 7.98. The summed E-state index contributed by atoms with van der Waals surface area (Å²) in [5.74, 6) is -2.23. The Balaban J connectivity index is 5.20. The van der Waals surface area contributed by atoms with E-state index in [9.17, 15) is 24.3 Å². The van der Waals surface area contributed by atoms with E-state index in [1.54, 1.807) is 13.8 Å². The summed E-state index contributed by atoms with van der Waals surface area (Å²) in [4.78, 5) is 48.9. The Morgan fingerprint density at radius 1 is 0.933 bits per heavy atom. The molecule has 3 amide bonds. The summed E-state index contributed by atoms with van der Waals surface area (Å²) in [7, 11) is 0. The van der Waals surface area contributed by atoms with Crippen molar-refractivity contribution in [2.45, 2.75) is 64.7 Å². The molecule has 0 spiro atoms. The number of rotatable bonds is 14. The predicted molar refractivity (Wildman–Crippen MR) is 123 cm³/mol. The van der Waals surface area contributed by atoms with Gasteiger partial charge in [-0.05, 0) is 36.7 Å². The van der Waals surface area contributed by atoms with Gasteiger partial charge in [-0.15, -0.1) is 0 Å². The number of carbonyl (C=O) groups is 4. The highest BCUT2D eigenvalue weighted by atomic mass is 32.2. The number of carboxylic acids is 1. The Morgan fingerprint density at radius 3 is 1.87 bits per heavy atom. The molecule has 0 fully saturated rings. The number of nitrogens with two attached hydrogens (primary N) is 1. The van der Waals surface area contributed by atoms with Crippen molar-refractivity contribution < 1.29 is 24.3 Å². The van der Waals surface area contributed by atoms with Crippen molar-refractivity contribution in [3.8, 4) is 0 Å². The molecule has 6 N–H and O–H groups in total. The third kappa shape index (κ3) is 10.5. The van der Waals surface area contributed by atoms with Crippen LogP contribution in [0.2, 0.25) is 0 Å². The van der Waals surface area contributed by atoms with Crippen LogP contribution in [0.5, 0.6) is 0 Å². The molecular formula is C19H36N4O5S2. The van der Waals surface area contributed by atoms with Crippen LogP contribution in [-0.2, 0) is 19.2 Å². The van der Waals surface area contributed by atoms with Gasteiger partial charge in [-0.25, -0.2) is 4.79 Å². The number of carbonyl (C=O) groups excluding carboxylic acids is 3. The lowest BCUT2D eigenvalue weighted by molar-refractivity contribution is -0.142. The fourth-order valence-electron chi connectivity index (χ4n) is 2.51. The van der Waals surface area contributed by atoms with Gasteiger partial charge in [-0.3, -0.25) is 14.4 Å². The van der Waals surface area contributed by atoms with Crippen molar-refractivity contribution in [1.82, 2.24) is 16.0 Å². The molecule has 0 bridgehead atoms. The fourth-order valence-corrected chi connectivity index (χ4v) is 3.23. The van der Waals surface area contributed by atoms with Gasteiger partial charge >= 0.3 is 5.97 Å². The molecule has 0 aromatic heterocycles. The van der Waals surface area contributed by atoms with Crippen LogP contribution in [0.1, 0.15) is 40.5 Å². The van der Waals surface area contributed by atoms with Gasteiger partial charge in [0, 0.05) is 5.75 Å². The lowest BCUT2D eigenvalue weighted by Crippen LogP contribution is -2.58. The van der Waals surface area contributed by atoms with Gasteiger partial charge in [0.05, 0.1) is 6.04 Å². The quantitative estimate of drug-likeness (QED) is 0.202. The SMILES string of the molecule is CSCCC(NC(=O)C(CS)NC(=O)C(CC(C)C)NC(=O)C(N)C(C)C)C(=O)O. The summed E-state index contributed by atoms with van der Waals surface area (Å²) in [6, 6.07) is -3.73. The number of thiol groups is 1. The van der Waals surface area contributed by atoms with E-state index in [-0.39, 0.29) is 24.0 Å². The molecule has 174 valence electrons. The number of nitrogens with one attached hydrogen (secondary N) is 3. The predicted octanol–water partition coefficient (Wildman–Crippen LogP) is 0.238. The molecule has 11 heteroatoms. The van der Waals surface area contributed by atoms with E-state index in [1.807, 2.05) is 20.1 Å². The molecule has 0 radical (unpaired) electrons. The van der Waals surface area contributed by atoms with Crippen molar-refractivity contribution >= 4 is 48.1 Å². The highest BCUT2D eigenvalue weighted by Gasteiger charge is 2.30. The van der Waals surface area contributed by atoms with E-state index in [4.69, 9.17) is 5.73 Å². The number of aliphatic carboxylic acids is 1. The monoisotopic (exact) mass is 464 g/mol. The molecule has 4 unspecified atom stereocenters. The minimum Gasteiger partial charge on any atom is -0.480 e. The molecule has 0 rings (SSSR count). The molecule has 0 aromatic rings. The standard InChI is InChI=1S/C19H36N4O5S2/c1-10(2)8-13(22-18(26)15(20)11(3)4)16(24)23-14(9-29)17(25)21-12(19(27)28)6-7-30-5/h10-15,29H,6-9,20H2,1-5H3,(H,21,25)(H,22,26)(H,23,24)(H,27,28). The zero-order valence-corrected chi connectivity index (χ0v) is 20.0. The molecule has 0 aliphatic heterocycles. The Bertz CT molecular complexity index is 589. The van der Waals surface area contributed by atoms with Crippen molar-refractivity contribution in [3.63, 3.8) is 0 Å². The molecule has 9 nitrogen and oxygen atoms in total. The van der Waals surface area contributed by atoms with Crippen LogP contribution in [0.25, 0.3) is 0 Å². The molecule has 4 atom stereocenters. The first-order valence-corrected chi connectivity index (χ1v) is 12.0. The van der Waals surface area contributed by atoms with Gasteiger partial charge in [-0.2, -0.15) is 24.4 Å². The van der Waals surface area contributed by atoms with Crippen molar-refractivity contribution in [3.05, 3.63) is 0 Å². The van der Waals surface area contributed by atoms with Gasteiger partial charge in [0.15, 0.2) is 0 Å². The molecule has 0 saturated heterocycles. The van der Waals surface area contributed by atoms with Crippen LogP contribution in [-0.4, -0.2) is 70.7 Å². The number of thioether (sulfide) groups is 1. The van der Waals surface area contributed by atoms with Crippen LogP contribution >= 0.6 is 24.4 Å². The van der Waals surface area contributed by atoms with Crippen LogP contribution in [0, 0.1) is 11.8 Å². The lowest BCUT2D eigenvalue weighted by Gasteiger charge is -2.26. The smallest absolute Gasteiger partial charge is 0.326 e. The lowest BCUT2D eigenvalue weighted by atomic mass is 10.0. The van der Waals surface area contributed by atoms with E-state index < -0.39 is 47.9 Å². The first-order valence-electron chi connectivity index (χ1n) is 9.93. The van der Waals surface area contributed by atoms with Crippen molar-refractivity contribution in [2.24, 2.45) is 17.6 Å². The second kappa shape index (κ2) is 14.5. The zero-order valence-electron chi connectivity index (χ0n) is 18.3. The summed E-state index contributed by atoms with van der Waals surface area (Å²) < 4.78 is 0. The first kappa shape index (κ1) is 28.5. The van der Waals surface area contributed by atoms with E-state index in [0.29, 0.717) is 12.2 Å². The topological polar surface area (TPSA) is 151 Å². The minimum atomic E-state index is -1.14. The molecule has 0 heterocycles. The number of hydrogen-bond acceptors (Lipinski definition) is 7. The normalized spacial score (nSPS) is 15.2. The Labute approximate surface area is 188 Å². The maximum atomic E-state index is 12.8.